The van der Waals surface area contributed by atoms with Gasteiger partial charge in [0, 0.05) is 25.8 Å². The van der Waals surface area contributed by atoms with Crippen molar-refractivity contribution in [3.05, 3.63) is 28.8 Å². The number of benzene rings is 1. The minimum Gasteiger partial charge on any atom is -0.507 e. The van der Waals surface area contributed by atoms with Crippen LogP contribution in [0.3, 0.4) is 0 Å². The maximum absolute atomic E-state index is 11.8. The van der Waals surface area contributed by atoms with Gasteiger partial charge in [0.1, 0.15) is 5.75 Å². The van der Waals surface area contributed by atoms with Crippen LogP contribution < -0.4 is 5.32 Å². The number of amides is 1. The zero-order valence-corrected chi connectivity index (χ0v) is 11.0. The van der Waals surface area contributed by atoms with Crippen LogP contribution in [0.15, 0.2) is 18.2 Å². The van der Waals surface area contributed by atoms with E-state index in [4.69, 9.17) is 21.1 Å². The van der Waals surface area contributed by atoms with Gasteiger partial charge in [-0.3, -0.25) is 4.79 Å². The molecule has 0 aliphatic rings. The molecular weight excluding hydrogens is 258 g/mol. The Morgan fingerprint density at radius 2 is 2.22 bits per heavy atom. The molecule has 0 spiro atoms. The SMILES string of the molecule is COCC(CNC(=O)c1ccc(Cl)cc1O)OC. The van der Waals surface area contributed by atoms with Crippen LogP contribution in [0.1, 0.15) is 10.4 Å². The number of methoxy groups -OCH3 is 2. The molecule has 0 radical (unpaired) electrons. The van der Waals surface area contributed by atoms with Gasteiger partial charge in [-0.05, 0) is 18.2 Å². The van der Waals surface area contributed by atoms with Crippen molar-refractivity contribution in [3.8, 4) is 5.75 Å². The fourth-order valence-electron chi connectivity index (χ4n) is 1.39. The number of nitrogens with one attached hydrogen (secondary N) is 1. The average Bonchev–Trinajstić information content (AvgIpc) is 2.34. The van der Waals surface area contributed by atoms with Crippen LogP contribution >= 0.6 is 11.6 Å². The van der Waals surface area contributed by atoms with Gasteiger partial charge < -0.3 is 19.9 Å². The Hall–Kier alpha value is -1.30. The number of halogens is 1. The summed E-state index contributed by atoms with van der Waals surface area (Å²) < 4.78 is 10.0. The largest absolute Gasteiger partial charge is 0.507 e. The lowest BCUT2D eigenvalue weighted by Gasteiger charge is -2.15. The molecule has 0 saturated heterocycles. The Kier molecular flexibility index (Phi) is 5.91. The van der Waals surface area contributed by atoms with E-state index in [1.807, 2.05) is 0 Å². The third-order valence-electron chi connectivity index (χ3n) is 2.38. The van der Waals surface area contributed by atoms with Crippen molar-refractivity contribution in [1.29, 1.82) is 0 Å². The molecule has 2 N–H and O–H groups in total. The number of carbonyl (C=O) groups excluding carboxylic acids is 1. The summed E-state index contributed by atoms with van der Waals surface area (Å²) in [5, 5.41) is 12.6. The van der Waals surface area contributed by atoms with Gasteiger partial charge in [-0.2, -0.15) is 0 Å². The predicted octanol–water partition coefficient (Wildman–Crippen LogP) is 1.44. The maximum atomic E-state index is 11.8. The molecule has 5 nitrogen and oxygen atoms in total. The summed E-state index contributed by atoms with van der Waals surface area (Å²) in [5.41, 5.74) is 0.173. The lowest BCUT2D eigenvalue weighted by molar-refractivity contribution is 0.0285. The molecule has 1 aromatic rings. The van der Waals surface area contributed by atoms with Crippen LogP contribution in [0.4, 0.5) is 0 Å². The van der Waals surface area contributed by atoms with Crippen molar-refractivity contribution < 1.29 is 19.4 Å². The smallest absolute Gasteiger partial charge is 0.255 e. The van der Waals surface area contributed by atoms with E-state index in [0.29, 0.717) is 18.2 Å². The fourth-order valence-corrected chi connectivity index (χ4v) is 1.56. The molecule has 18 heavy (non-hydrogen) atoms. The highest BCUT2D eigenvalue weighted by Gasteiger charge is 2.13. The Morgan fingerprint density at radius 1 is 1.50 bits per heavy atom. The minimum atomic E-state index is -0.387. The van der Waals surface area contributed by atoms with Crippen LogP contribution in [0.5, 0.6) is 5.75 Å². The molecule has 0 aliphatic heterocycles. The first-order valence-corrected chi connectivity index (χ1v) is 5.74. The van der Waals surface area contributed by atoms with Crippen molar-refractivity contribution >= 4 is 17.5 Å². The lowest BCUT2D eigenvalue weighted by atomic mass is 10.2. The van der Waals surface area contributed by atoms with E-state index >= 15 is 0 Å². The standard InChI is InChI=1S/C12H16ClNO4/c1-17-7-9(18-2)6-14-12(16)10-4-3-8(13)5-11(10)15/h3-5,9,15H,6-7H2,1-2H3,(H,14,16). The van der Waals surface area contributed by atoms with Crippen molar-refractivity contribution in [3.63, 3.8) is 0 Å². The molecule has 1 unspecified atom stereocenters. The van der Waals surface area contributed by atoms with Gasteiger partial charge in [-0.15, -0.1) is 0 Å². The van der Waals surface area contributed by atoms with Gasteiger partial charge in [0.05, 0.1) is 18.3 Å². The second-order valence-corrected chi connectivity index (χ2v) is 4.12. The molecule has 100 valence electrons. The molecule has 1 amide bonds. The number of aromatic hydroxyl groups is 1. The summed E-state index contributed by atoms with van der Waals surface area (Å²) >= 11 is 5.68. The van der Waals surface area contributed by atoms with Crippen molar-refractivity contribution in [2.45, 2.75) is 6.10 Å². The van der Waals surface area contributed by atoms with E-state index in [9.17, 15) is 9.90 Å². The van der Waals surface area contributed by atoms with E-state index < -0.39 is 0 Å². The number of carbonyl (C=O) groups is 1. The monoisotopic (exact) mass is 273 g/mol. The second-order valence-electron chi connectivity index (χ2n) is 3.68. The minimum absolute atomic E-state index is 0.152. The number of rotatable bonds is 6. The molecule has 6 heteroatoms. The lowest BCUT2D eigenvalue weighted by Crippen LogP contribution is -2.35. The Labute approximate surface area is 111 Å². The van der Waals surface area contributed by atoms with Crippen LogP contribution in [0.25, 0.3) is 0 Å². The van der Waals surface area contributed by atoms with Gasteiger partial charge in [-0.1, -0.05) is 11.6 Å². The van der Waals surface area contributed by atoms with E-state index in [-0.39, 0.29) is 23.3 Å². The number of phenols is 1. The fraction of sp³-hybridized carbons (Fsp3) is 0.417. The van der Waals surface area contributed by atoms with Crippen molar-refractivity contribution in [2.24, 2.45) is 0 Å². The third kappa shape index (κ3) is 4.18. The van der Waals surface area contributed by atoms with Crippen molar-refractivity contribution in [2.75, 3.05) is 27.4 Å². The normalized spacial score (nSPS) is 12.2. The highest BCUT2D eigenvalue weighted by molar-refractivity contribution is 6.30. The third-order valence-corrected chi connectivity index (χ3v) is 2.62. The quantitative estimate of drug-likeness (QED) is 0.823. The van der Waals surface area contributed by atoms with Crippen LogP contribution in [-0.2, 0) is 9.47 Å². The maximum Gasteiger partial charge on any atom is 0.255 e. The summed E-state index contributed by atoms with van der Waals surface area (Å²) in [6, 6.07) is 4.32. The van der Waals surface area contributed by atoms with Crippen LogP contribution in [-0.4, -0.2) is 44.5 Å². The molecule has 0 bridgehead atoms. The number of hydrogen-bond acceptors (Lipinski definition) is 4. The molecule has 0 heterocycles. The molecule has 0 fully saturated rings. The number of phenolic OH excluding ortho intramolecular Hbond substituents is 1. The summed E-state index contributed by atoms with van der Waals surface area (Å²) in [7, 11) is 3.09. The summed E-state index contributed by atoms with van der Waals surface area (Å²) in [6.07, 6.45) is -0.228. The summed E-state index contributed by atoms with van der Waals surface area (Å²) in [4.78, 5) is 11.8. The van der Waals surface area contributed by atoms with Crippen molar-refractivity contribution in [1.82, 2.24) is 5.32 Å². The van der Waals surface area contributed by atoms with Gasteiger partial charge in [-0.25, -0.2) is 0 Å². The predicted molar refractivity (Wildman–Crippen MR) is 68.1 cm³/mol. The topological polar surface area (TPSA) is 67.8 Å². The van der Waals surface area contributed by atoms with Gasteiger partial charge >= 0.3 is 0 Å². The number of hydrogen-bond donors (Lipinski definition) is 2. The van der Waals surface area contributed by atoms with Gasteiger partial charge in [0.2, 0.25) is 0 Å². The first-order chi connectivity index (χ1) is 8.58. The zero-order chi connectivity index (χ0) is 13.5. The molecule has 1 atom stereocenters. The average molecular weight is 274 g/mol. The highest BCUT2D eigenvalue weighted by atomic mass is 35.5. The highest BCUT2D eigenvalue weighted by Crippen LogP contribution is 2.21. The van der Waals surface area contributed by atoms with Crippen LogP contribution in [0.2, 0.25) is 5.02 Å². The van der Waals surface area contributed by atoms with Gasteiger partial charge in [0.15, 0.2) is 0 Å². The Balaban J connectivity index is 2.59. The molecule has 0 aliphatic carbocycles. The molecule has 1 rings (SSSR count). The molecular formula is C12H16ClNO4. The molecule has 1 aromatic carbocycles. The van der Waals surface area contributed by atoms with E-state index in [0.717, 1.165) is 0 Å². The Bertz CT molecular complexity index is 411. The number of ether oxygens (including phenoxy) is 2. The van der Waals surface area contributed by atoms with Gasteiger partial charge in [0.25, 0.3) is 5.91 Å². The second kappa shape index (κ2) is 7.20. The zero-order valence-electron chi connectivity index (χ0n) is 10.3. The Morgan fingerprint density at radius 3 is 2.78 bits per heavy atom. The summed E-state index contributed by atoms with van der Waals surface area (Å²) in [5.74, 6) is -0.539. The first kappa shape index (κ1) is 14.8. The summed E-state index contributed by atoms with van der Waals surface area (Å²) in [6.45, 7) is 0.675. The van der Waals surface area contributed by atoms with E-state index in [2.05, 4.69) is 5.32 Å². The first-order valence-electron chi connectivity index (χ1n) is 5.37. The van der Waals surface area contributed by atoms with E-state index in [1.165, 1.54) is 19.2 Å². The van der Waals surface area contributed by atoms with Crippen LogP contribution in [0, 0.1) is 0 Å². The molecule has 0 saturated carbocycles. The molecule has 0 aromatic heterocycles. The van der Waals surface area contributed by atoms with E-state index in [1.54, 1.807) is 13.2 Å².